The predicted molar refractivity (Wildman–Crippen MR) is 73.6 cm³/mol. The van der Waals surface area contributed by atoms with Gasteiger partial charge in [0.25, 0.3) is 0 Å². The molecule has 1 atom stereocenters. The molecule has 0 bridgehead atoms. The van der Waals surface area contributed by atoms with Gasteiger partial charge in [0.1, 0.15) is 0 Å². The minimum Gasteiger partial charge on any atom is -0.378 e. The first-order valence-corrected chi connectivity index (χ1v) is 7.31. The van der Waals surface area contributed by atoms with Crippen LogP contribution in [0.2, 0.25) is 0 Å². The van der Waals surface area contributed by atoms with Crippen molar-refractivity contribution in [1.29, 1.82) is 0 Å². The smallest absolute Gasteiger partial charge is 0.239 e. The topological polar surface area (TPSA) is 41.6 Å². The van der Waals surface area contributed by atoms with Gasteiger partial charge in [-0.15, -0.1) is 0 Å². The second-order valence-electron chi connectivity index (χ2n) is 5.10. The van der Waals surface area contributed by atoms with Crippen LogP contribution in [0.4, 0.5) is 0 Å². The standard InChI is InChI=1S/C14H28N2O2/c1-4-6-13(7-5-2)15-12(3)14(17)16-8-10-18-11-9-16/h12-13,15H,4-11H2,1-3H3. The number of morpholine rings is 1. The number of nitrogens with zero attached hydrogens (tertiary/aromatic N) is 1. The van der Waals surface area contributed by atoms with Crippen LogP contribution in [0.3, 0.4) is 0 Å². The lowest BCUT2D eigenvalue weighted by molar-refractivity contribution is -0.137. The second kappa shape index (κ2) is 8.48. The van der Waals surface area contributed by atoms with Crippen LogP contribution < -0.4 is 5.32 Å². The third-order valence-electron chi connectivity index (χ3n) is 3.45. The van der Waals surface area contributed by atoms with Crippen molar-refractivity contribution < 1.29 is 9.53 Å². The van der Waals surface area contributed by atoms with Crippen LogP contribution in [0.15, 0.2) is 0 Å². The molecule has 1 fully saturated rings. The summed E-state index contributed by atoms with van der Waals surface area (Å²) in [6, 6.07) is 0.395. The Morgan fingerprint density at radius 3 is 2.28 bits per heavy atom. The summed E-state index contributed by atoms with van der Waals surface area (Å²) in [5.74, 6) is 0.218. The van der Waals surface area contributed by atoms with Crippen LogP contribution >= 0.6 is 0 Å². The molecule has 1 amide bonds. The molecule has 18 heavy (non-hydrogen) atoms. The molecular weight excluding hydrogens is 228 g/mol. The van der Waals surface area contributed by atoms with E-state index in [2.05, 4.69) is 19.2 Å². The minimum atomic E-state index is -0.0776. The zero-order chi connectivity index (χ0) is 13.4. The normalized spacial score (nSPS) is 18.1. The number of hydrogen-bond donors (Lipinski definition) is 1. The SMILES string of the molecule is CCCC(CCC)NC(C)C(=O)N1CCOCC1. The van der Waals surface area contributed by atoms with Gasteiger partial charge in [-0.05, 0) is 19.8 Å². The minimum absolute atomic E-state index is 0.0776. The Bertz CT molecular complexity index is 234. The number of amides is 1. The molecule has 0 aliphatic carbocycles. The molecule has 1 unspecified atom stereocenters. The lowest BCUT2D eigenvalue weighted by atomic mass is 10.1. The van der Waals surface area contributed by atoms with Gasteiger partial charge in [-0.2, -0.15) is 0 Å². The molecule has 1 N–H and O–H groups in total. The van der Waals surface area contributed by atoms with Crippen LogP contribution in [-0.2, 0) is 9.53 Å². The van der Waals surface area contributed by atoms with E-state index in [-0.39, 0.29) is 11.9 Å². The van der Waals surface area contributed by atoms with Gasteiger partial charge in [-0.25, -0.2) is 0 Å². The molecule has 1 aliphatic heterocycles. The zero-order valence-corrected chi connectivity index (χ0v) is 12.1. The fourth-order valence-corrected chi connectivity index (χ4v) is 2.49. The van der Waals surface area contributed by atoms with E-state index in [1.807, 2.05) is 11.8 Å². The average molecular weight is 256 g/mol. The highest BCUT2D eigenvalue weighted by atomic mass is 16.5. The van der Waals surface area contributed by atoms with Gasteiger partial charge in [0.05, 0.1) is 19.3 Å². The maximum absolute atomic E-state index is 12.2. The molecule has 0 aromatic rings. The lowest BCUT2D eigenvalue weighted by Gasteiger charge is -2.31. The summed E-state index contributed by atoms with van der Waals surface area (Å²) in [4.78, 5) is 14.2. The predicted octanol–water partition coefficient (Wildman–Crippen LogP) is 1.79. The fourth-order valence-electron chi connectivity index (χ4n) is 2.49. The number of hydrogen-bond acceptors (Lipinski definition) is 3. The van der Waals surface area contributed by atoms with Gasteiger partial charge in [-0.1, -0.05) is 26.7 Å². The molecule has 0 radical (unpaired) electrons. The van der Waals surface area contributed by atoms with Crippen molar-refractivity contribution in [3.8, 4) is 0 Å². The van der Waals surface area contributed by atoms with E-state index in [0.29, 0.717) is 19.3 Å². The van der Waals surface area contributed by atoms with E-state index in [1.54, 1.807) is 0 Å². The van der Waals surface area contributed by atoms with Gasteiger partial charge >= 0.3 is 0 Å². The first-order chi connectivity index (χ1) is 8.69. The molecule has 4 nitrogen and oxygen atoms in total. The van der Waals surface area contributed by atoms with Gasteiger partial charge in [-0.3, -0.25) is 4.79 Å². The van der Waals surface area contributed by atoms with Gasteiger partial charge in [0.2, 0.25) is 5.91 Å². The first kappa shape index (κ1) is 15.4. The summed E-state index contributed by atoms with van der Waals surface area (Å²) in [5.41, 5.74) is 0. The highest BCUT2D eigenvalue weighted by Crippen LogP contribution is 2.07. The number of carbonyl (C=O) groups is 1. The Morgan fingerprint density at radius 1 is 1.22 bits per heavy atom. The van der Waals surface area contributed by atoms with Crippen molar-refractivity contribution in [1.82, 2.24) is 10.2 Å². The van der Waals surface area contributed by atoms with Crippen molar-refractivity contribution in [3.63, 3.8) is 0 Å². The molecule has 0 saturated carbocycles. The quantitative estimate of drug-likeness (QED) is 0.755. The molecule has 0 aromatic carbocycles. The van der Waals surface area contributed by atoms with Crippen molar-refractivity contribution in [2.45, 2.75) is 58.5 Å². The Kier molecular flexibility index (Phi) is 7.28. The summed E-state index contributed by atoms with van der Waals surface area (Å²) >= 11 is 0. The van der Waals surface area contributed by atoms with E-state index < -0.39 is 0 Å². The Balaban J connectivity index is 2.40. The number of carbonyl (C=O) groups excluding carboxylic acids is 1. The van der Waals surface area contributed by atoms with Crippen LogP contribution in [0.25, 0.3) is 0 Å². The first-order valence-electron chi connectivity index (χ1n) is 7.31. The second-order valence-corrected chi connectivity index (χ2v) is 5.10. The summed E-state index contributed by atoms with van der Waals surface area (Å²) in [7, 11) is 0. The Labute approximate surface area is 111 Å². The van der Waals surface area contributed by atoms with Crippen molar-refractivity contribution >= 4 is 5.91 Å². The molecule has 1 rings (SSSR count). The largest absolute Gasteiger partial charge is 0.378 e. The molecule has 106 valence electrons. The molecule has 1 saturated heterocycles. The highest BCUT2D eigenvalue weighted by Gasteiger charge is 2.23. The fraction of sp³-hybridized carbons (Fsp3) is 0.929. The third-order valence-corrected chi connectivity index (χ3v) is 3.45. The summed E-state index contributed by atoms with van der Waals surface area (Å²) < 4.78 is 5.27. The Morgan fingerprint density at radius 2 is 1.78 bits per heavy atom. The van der Waals surface area contributed by atoms with Crippen LogP contribution in [0.5, 0.6) is 0 Å². The van der Waals surface area contributed by atoms with E-state index in [1.165, 1.54) is 0 Å². The van der Waals surface area contributed by atoms with Crippen molar-refractivity contribution in [2.75, 3.05) is 26.3 Å². The van der Waals surface area contributed by atoms with Crippen molar-refractivity contribution in [2.24, 2.45) is 0 Å². The van der Waals surface area contributed by atoms with E-state index in [9.17, 15) is 4.79 Å². The monoisotopic (exact) mass is 256 g/mol. The number of rotatable bonds is 7. The number of ether oxygens (including phenoxy) is 1. The lowest BCUT2D eigenvalue weighted by Crippen LogP contribution is -2.51. The summed E-state index contributed by atoms with van der Waals surface area (Å²) in [6.07, 6.45) is 4.62. The average Bonchev–Trinajstić information content (AvgIpc) is 2.39. The zero-order valence-electron chi connectivity index (χ0n) is 12.1. The maximum atomic E-state index is 12.2. The maximum Gasteiger partial charge on any atom is 0.239 e. The molecule has 1 heterocycles. The van der Waals surface area contributed by atoms with Crippen LogP contribution in [0.1, 0.15) is 46.5 Å². The van der Waals surface area contributed by atoms with Gasteiger partial charge in [0.15, 0.2) is 0 Å². The molecule has 0 aromatic heterocycles. The van der Waals surface area contributed by atoms with Crippen LogP contribution in [-0.4, -0.2) is 49.2 Å². The van der Waals surface area contributed by atoms with Crippen molar-refractivity contribution in [3.05, 3.63) is 0 Å². The molecular formula is C14H28N2O2. The number of nitrogens with one attached hydrogen (secondary N) is 1. The summed E-state index contributed by atoms with van der Waals surface area (Å²) in [6.45, 7) is 9.18. The van der Waals surface area contributed by atoms with Gasteiger partial charge < -0.3 is 15.0 Å². The van der Waals surface area contributed by atoms with Crippen LogP contribution in [0, 0.1) is 0 Å². The van der Waals surface area contributed by atoms with Gasteiger partial charge in [0, 0.05) is 19.1 Å². The molecule has 1 aliphatic rings. The van der Waals surface area contributed by atoms with E-state index >= 15 is 0 Å². The highest BCUT2D eigenvalue weighted by molar-refractivity contribution is 5.81. The third kappa shape index (κ3) is 4.94. The molecule has 0 spiro atoms. The summed E-state index contributed by atoms with van der Waals surface area (Å²) in [5, 5.41) is 3.48. The van der Waals surface area contributed by atoms with E-state index in [0.717, 1.165) is 38.8 Å². The Hall–Kier alpha value is -0.610. The van der Waals surface area contributed by atoms with E-state index in [4.69, 9.17) is 4.74 Å². The molecule has 4 heteroatoms.